The molecule has 212 valence electrons. The van der Waals surface area contributed by atoms with Gasteiger partial charge in [0.05, 0.1) is 20.8 Å². The lowest BCUT2D eigenvalue weighted by molar-refractivity contribution is -0.154. The fraction of sp³-hybridized carbons (Fsp3) is 0.345. The van der Waals surface area contributed by atoms with Gasteiger partial charge in [0.1, 0.15) is 29.8 Å². The van der Waals surface area contributed by atoms with E-state index >= 15 is 0 Å². The van der Waals surface area contributed by atoms with E-state index in [0.717, 1.165) is 12.8 Å². The topological polar surface area (TPSA) is 102 Å². The van der Waals surface area contributed by atoms with Crippen LogP contribution in [0.3, 0.4) is 0 Å². The second-order valence-electron chi connectivity index (χ2n) is 9.04. The van der Waals surface area contributed by atoms with Crippen molar-refractivity contribution in [1.29, 1.82) is 0 Å². The first-order valence-corrected chi connectivity index (χ1v) is 12.6. The summed E-state index contributed by atoms with van der Waals surface area (Å²) in [7, 11) is 2.90. The Kier molecular flexibility index (Phi) is 9.71. The van der Waals surface area contributed by atoms with Crippen LogP contribution in [0.4, 0.5) is 8.78 Å². The van der Waals surface area contributed by atoms with Crippen LogP contribution in [0.1, 0.15) is 36.6 Å². The van der Waals surface area contributed by atoms with Gasteiger partial charge in [-0.15, -0.1) is 0 Å². The van der Waals surface area contributed by atoms with Gasteiger partial charge in [-0.25, -0.2) is 0 Å². The van der Waals surface area contributed by atoms with E-state index in [1.165, 1.54) is 44.6 Å². The normalized spacial score (nSPS) is 13.3. The molecule has 0 bridgehead atoms. The van der Waals surface area contributed by atoms with Crippen molar-refractivity contribution < 1.29 is 46.8 Å². The van der Waals surface area contributed by atoms with Crippen LogP contribution < -0.4 is 23.7 Å². The monoisotopic (exact) mass is 557 g/mol. The Bertz CT molecular complexity index is 1280. The van der Waals surface area contributed by atoms with Crippen LogP contribution in [0.5, 0.6) is 28.7 Å². The molecule has 0 spiro atoms. The van der Waals surface area contributed by atoms with Crippen molar-refractivity contribution in [3.8, 4) is 28.7 Å². The van der Waals surface area contributed by atoms with Gasteiger partial charge in [-0.3, -0.25) is 14.6 Å². The number of nitrogens with zero attached hydrogens (tertiary/aromatic N) is 1. The summed E-state index contributed by atoms with van der Waals surface area (Å²) in [6.45, 7) is -2.68. The zero-order valence-electron chi connectivity index (χ0n) is 22.0. The zero-order valence-corrected chi connectivity index (χ0v) is 22.0. The van der Waals surface area contributed by atoms with E-state index in [2.05, 4.69) is 9.72 Å². The lowest BCUT2D eigenvalue weighted by Gasteiger charge is -2.20. The van der Waals surface area contributed by atoms with Crippen LogP contribution in [-0.2, 0) is 20.7 Å². The predicted octanol–water partition coefficient (Wildman–Crippen LogP) is 5.31. The minimum atomic E-state index is -3.04. The lowest BCUT2D eigenvalue weighted by atomic mass is 10.0. The molecule has 0 amide bonds. The van der Waals surface area contributed by atoms with Gasteiger partial charge < -0.3 is 28.4 Å². The molecule has 0 radical (unpaired) electrons. The maximum Gasteiger partial charge on any atom is 0.387 e. The number of alkyl halides is 2. The summed E-state index contributed by atoms with van der Waals surface area (Å²) >= 11 is 0. The second kappa shape index (κ2) is 13.6. The quantitative estimate of drug-likeness (QED) is 0.148. The summed E-state index contributed by atoms with van der Waals surface area (Å²) in [4.78, 5) is 29.7. The Morgan fingerprint density at radius 3 is 2.27 bits per heavy atom. The van der Waals surface area contributed by atoms with E-state index in [4.69, 9.17) is 23.7 Å². The number of methoxy groups -OCH3 is 2. The molecule has 0 N–H and O–H groups in total. The number of benzene rings is 2. The van der Waals surface area contributed by atoms with Crippen molar-refractivity contribution in [2.45, 2.75) is 38.4 Å². The van der Waals surface area contributed by atoms with E-state index in [1.807, 2.05) is 0 Å². The molecule has 1 heterocycles. The maximum absolute atomic E-state index is 13.0. The lowest BCUT2D eigenvalue weighted by Crippen LogP contribution is -2.20. The van der Waals surface area contributed by atoms with E-state index in [-0.39, 0.29) is 23.7 Å². The van der Waals surface area contributed by atoms with E-state index in [9.17, 15) is 18.4 Å². The summed E-state index contributed by atoms with van der Waals surface area (Å²) in [6, 6.07) is 14.2. The van der Waals surface area contributed by atoms with Gasteiger partial charge in [0.15, 0.2) is 11.5 Å². The number of rotatable bonds is 14. The number of carbonyl (C=O) groups is 2. The van der Waals surface area contributed by atoms with Crippen molar-refractivity contribution in [2.75, 3.05) is 20.8 Å². The second-order valence-corrected chi connectivity index (χ2v) is 9.04. The number of aromatic nitrogens is 1. The molecule has 9 nitrogen and oxygen atoms in total. The largest absolute Gasteiger partial charge is 0.496 e. The van der Waals surface area contributed by atoms with Crippen LogP contribution in [0.2, 0.25) is 0 Å². The Balaban J connectivity index is 1.50. The van der Waals surface area contributed by atoms with Crippen molar-refractivity contribution >= 4 is 11.9 Å². The highest BCUT2D eigenvalue weighted by Gasteiger charge is 2.26. The predicted molar refractivity (Wildman–Crippen MR) is 138 cm³/mol. The molecule has 1 aliphatic rings. The molecule has 3 aromatic rings. The fourth-order valence-corrected chi connectivity index (χ4v) is 3.79. The number of hydrogen-bond donors (Lipinski definition) is 0. The summed E-state index contributed by atoms with van der Waals surface area (Å²) in [5.41, 5.74) is 1.07. The molecule has 1 unspecified atom stereocenters. The number of pyridine rings is 1. The Labute approximate surface area is 229 Å². The number of halogens is 2. The highest BCUT2D eigenvalue weighted by atomic mass is 19.3. The summed E-state index contributed by atoms with van der Waals surface area (Å²) in [6.07, 6.45) is 2.17. The first-order valence-electron chi connectivity index (χ1n) is 12.6. The number of esters is 2. The van der Waals surface area contributed by atoms with Gasteiger partial charge in [-0.2, -0.15) is 8.78 Å². The summed E-state index contributed by atoms with van der Waals surface area (Å²) in [5, 5.41) is 0. The van der Waals surface area contributed by atoms with Crippen LogP contribution in [-0.4, -0.2) is 44.4 Å². The molecular formula is C29H29F2NO8. The molecule has 1 aromatic heterocycles. The highest BCUT2D eigenvalue weighted by Crippen LogP contribution is 2.36. The average molecular weight is 558 g/mol. The van der Waals surface area contributed by atoms with Crippen LogP contribution in [0, 0.1) is 5.92 Å². The van der Waals surface area contributed by atoms with Gasteiger partial charge >= 0.3 is 18.6 Å². The SMILES string of the molecule is COc1cc(OC)cc(OC(=O)CC(=O)OC(Cc2ccccn2)c2ccc(OC(F)F)c(OCC3CC3)c2)c1. The van der Waals surface area contributed by atoms with Crippen molar-refractivity contribution in [3.05, 3.63) is 72.1 Å². The molecule has 11 heteroatoms. The molecule has 1 fully saturated rings. The Morgan fingerprint density at radius 1 is 0.925 bits per heavy atom. The zero-order chi connectivity index (χ0) is 28.5. The fourth-order valence-electron chi connectivity index (χ4n) is 3.79. The molecular weight excluding hydrogens is 528 g/mol. The van der Waals surface area contributed by atoms with Crippen LogP contribution in [0.25, 0.3) is 0 Å². The van der Waals surface area contributed by atoms with Gasteiger partial charge in [-0.1, -0.05) is 12.1 Å². The molecule has 40 heavy (non-hydrogen) atoms. The molecule has 0 saturated heterocycles. The molecule has 1 saturated carbocycles. The third-order valence-electron chi connectivity index (χ3n) is 5.97. The van der Waals surface area contributed by atoms with Gasteiger partial charge in [0.25, 0.3) is 0 Å². The minimum Gasteiger partial charge on any atom is -0.496 e. The third kappa shape index (κ3) is 8.55. The Hall–Kier alpha value is -4.41. The summed E-state index contributed by atoms with van der Waals surface area (Å²) in [5.74, 6) is -0.428. The molecule has 2 aromatic carbocycles. The molecule has 0 aliphatic heterocycles. The van der Waals surface area contributed by atoms with Crippen LogP contribution in [0.15, 0.2) is 60.8 Å². The van der Waals surface area contributed by atoms with Crippen molar-refractivity contribution in [3.63, 3.8) is 0 Å². The molecule has 1 aliphatic carbocycles. The smallest absolute Gasteiger partial charge is 0.387 e. The minimum absolute atomic E-state index is 0.109. The average Bonchev–Trinajstić information content (AvgIpc) is 3.76. The summed E-state index contributed by atoms with van der Waals surface area (Å²) < 4.78 is 57.6. The maximum atomic E-state index is 13.0. The van der Waals surface area contributed by atoms with Gasteiger partial charge in [0, 0.05) is 36.5 Å². The van der Waals surface area contributed by atoms with E-state index in [0.29, 0.717) is 35.3 Å². The standard InChI is InChI=1S/C29H29F2NO8/c1-35-21-13-22(36-2)15-23(14-21)38-27(33)16-28(34)39-25(12-20-5-3-4-10-32-20)19-8-9-24(40-29(30)31)26(11-19)37-17-18-6-7-18/h3-5,8-11,13-15,18,25,29H,6-7,12,16-17H2,1-2H3. The van der Waals surface area contributed by atoms with E-state index in [1.54, 1.807) is 30.5 Å². The van der Waals surface area contributed by atoms with Gasteiger partial charge in [-0.05, 0) is 48.6 Å². The number of carbonyl (C=O) groups excluding carboxylic acids is 2. The number of ether oxygens (including phenoxy) is 6. The first-order chi connectivity index (χ1) is 19.3. The molecule has 4 rings (SSSR count). The van der Waals surface area contributed by atoms with Gasteiger partial charge in [0.2, 0.25) is 0 Å². The van der Waals surface area contributed by atoms with Crippen molar-refractivity contribution in [1.82, 2.24) is 4.98 Å². The number of hydrogen-bond acceptors (Lipinski definition) is 9. The van der Waals surface area contributed by atoms with Crippen LogP contribution >= 0.6 is 0 Å². The molecule has 1 atom stereocenters. The highest BCUT2D eigenvalue weighted by molar-refractivity contribution is 5.92. The Morgan fingerprint density at radius 2 is 1.65 bits per heavy atom. The van der Waals surface area contributed by atoms with Crippen molar-refractivity contribution in [2.24, 2.45) is 5.92 Å². The third-order valence-corrected chi connectivity index (χ3v) is 5.97. The van der Waals surface area contributed by atoms with E-state index < -0.39 is 31.1 Å². The first kappa shape index (κ1) is 28.6.